The summed E-state index contributed by atoms with van der Waals surface area (Å²) in [6, 6.07) is 0. The first-order valence-corrected chi connectivity index (χ1v) is 20.9. The second kappa shape index (κ2) is 15.7. The molecule has 6 fully saturated rings. The Labute approximate surface area is 327 Å². The highest BCUT2D eigenvalue weighted by molar-refractivity contribution is 5.20. The molecule has 0 aromatic carbocycles. The average molecular weight is 785 g/mol. The molecule has 0 unspecified atom stereocenters. The molecule has 2 saturated heterocycles. The minimum absolute atomic E-state index is 0.104. The van der Waals surface area contributed by atoms with E-state index in [4.69, 9.17) is 18.9 Å². The molecular formula is C42H72O13. The summed E-state index contributed by atoms with van der Waals surface area (Å²) in [4.78, 5) is 0. The van der Waals surface area contributed by atoms with E-state index in [0.717, 1.165) is 32.1 Å². The molecule has 0 aromatic heterocycles. The summed E-state index contributed by atoms with van der Waals surface area (Å²) in [6.07, 6.45) is -5.39. The maximum atomic E-state index is 12.5. The predicted molar refractivity (Wildman–Crippen MR) is 201 cm³/mol. The summed E-state index contributed by atoms with van der Waals surface area (Å²) >= 11 is 0. The Hall–Kier alpha value is -0.780. The van der Waals surface area contributed by atoms with E-state index in [1.165, 1.54) is 5.57 Å². The number of hydrogen-bond acceptors (Lipinski definition) is 13. The highest BCUT2D eigenvalue weighted by atomic mass is 16.7. The van der Waals surface area contributed by atoms with Gasteiger partial charge in [0.05, 0.1) is 31.0 Å². The van der Waals surface area contributed by atoms with Gasteiger partial charge in [0.15, 0.2) is 12.6 Å². The third-order valence-corrected chi connectivity index (χ3v) is 16.7. The van der Waals surface area contributed by atoms with Crippen LogP contribution in [-0.4, -0.2) is 138 Å². The molecule has 6 rings (SSSR count). The van der Waals surface area contributed by atoms with Crippen LogP contribution in [0.25, 0.3) is 0 Å². The van der Waals surface area contributed by atoms with E-state index in [1.54, 1.807) is 0 Å². The van der Waals surface area contributed by atoms with Gasteiger partial charge in [-0.2, -0.15) is 0 Å². The molecule has 2 aliphatic heterocycles. The van der Waals surface area contributed by atoms with Crippen molar-refractivity contribution in [1.29, 1.82) is 0 Å². The van der Waals surface area contributed by atoms with E-state index in [1.807, 2.05) is 20.8 Å². The Kier molecular flexibility index (Phi) is 12.5. The van der Waals surface area contributed by atoms with Crippen LogP contribution in [0.5, 0.6) is 0 Å². The lowest BCUT2D eigenvalue weighted by molar-refractivity contribution is -0.338. The van der Waals surface area contributed by atoms with Crippen molar-refractivity contribution in [3.63, 3.8) is 0 Å². The fourth-order valence-electron chi connectivity index (χ4n) is 13.4. The molecule has 0 radical (unpaired) electrons. The van der Waals surface area contributed by atoms with Gasteiger partial charge in [0.25, 0.3) is 0 Å². The lowest BCUT2D eigenvalue weighted by atomic mass is 9.35. The van der Waals surface area contributed by atoms with Crippen molar-refractivity contribution in [3.8, 4) is 0 Å². The van der Waals surface area contributed by atoms with Crippen LogP contribution in [-0.2, 0) is 18.9 Å². The van der Waals surface area contributed by atoms with E-state index in [0.29, 0.717) is 25.7 Å². The molecule has 0 bridgehead atoms. The zero-order valence-electron chi connectivity index (χ0n) is 34.3. The molecule has 0 aromatic rings. The molecule has 6 aliphatic rings. The first-order valence-electron chi connectivity index (χ1n) is 20.9. The van der Waals surface area contributed by atoms with Gasteiger partial charge in [0.2, 0.25) is 0 Å². The lowest BCUT2D eigenvalue weighted by Gasteiger charge is -2.71. The Morgan fingerprint density at radius 1 is 0.709 bits per heavy atom. The number of hydrogen-bond donors (Lipinski definition) is 9. The Morgan fingerprint density at radius 2 is 1.27 bits per heavy atom. The van der Waals surface area contributed by atoms with Crippen molar-refractivity contribution >= 4 is 0 Å². The monoisotopic (exact) mass is 784 g/mol. The van der Waals surface area contributed by atoms with Crippen LogP contribution < -0.4 is 0 Å². The standard InChI is InChI=1S/C42H72O13/c1-21(2)10-9-14-42(8,55-37-35(51)33(49)31(47)25(20-44)53-37)22-11-16-41(7)29(22)23(45)18-27-39(5)15-13-28(38(3,4)26(39)12-17-40(27,41)6)54-36-34(50)32(48)30(46)24(19-43)52-36/h10,22-37,43-51H,9,11-20H2,1-8H3/t22-,23+,24+,25+,26-,27+,28-,29-,30+,31+,32-,33-,34+,35+,36-,37-,39-,40+,41+,42+/m0/s1. The van der Waals surface area contributed by atoms with Gasteiger partial charge in [-0.1, -0.05) is 46.3 Å². The smallest absolute Gasteiger partial charge is 0.187 e. The van der Waals surface area contributed by atoms with Gasteiger partial charge in [-0.25, -0.2) is 0 Å². The van der Waals surface area contributed by atoms with Crippen molar-refractivity contribution in [3.05, 3.63) is 11.6 Å². The lowest BCUT2D eigenvalue weighted by Crippen LogP contribution is -2.67. The first kappa shape index (κ1) is 43.8. The maximum absolute atomic E-state index is 12.5. The van der Waals surface area contributed by atoms with E-state index in [2.05, 4.69) is 40.7 Å². The fourth-order valence-corrected chi connectivity index (χ4v) is 13.4. The van der Waals surface area contributed by atoms with Crippen molar-refractivity contribution in [2.45, 2.75) is 192 Å². The normalized spacial score (nSPS) is 52.0. The number of aliphatic hydroxyl groups excluding tert-OH is 9. The Morgan fingerprint density at radius 3 is 1.85 bits per heavy atom. The van der Waals surface area contributed by atoms with Gasteiger partial charge in [-0.15, -0.1) is 0 Å². The third-order valence-electron chi connectivity index (χ3n) is 16.7. The van der Waals surface area contributed by atoms with Gasteiger partial charge in [-0.3, -0.25) is 0 Å². The number of ether oxygens (including phenoxy) is 4. The molecule has 0 spiro atoms. The van der Waals surface area contributed by atoms with Crippen LogP contribution in [0.1, 0.15) is 113 Å². The number of allylic oxidation sites excluding steroid dienone is 2. The fraction of sp³-hybridized carbons (Fsp3) is 0.952. The zero-order valence-corrected chi connectivity index (χ0v) is 34.3. The number of aliphatic hydroxyl groups is 9. The molecule has 13 heteroatoms. The molecule has 4 aliphatic carbocycles. The van der Waals surface area contributed by atoms with E-state index < -0.39 is 86.3 Å². The largest absolute Gasteiger partial charge is 0.394 e. The van der Waals surface area contributed by atoms with Gasteiger partial charge in [-0.05, 0) is 124 Å². The summed E-state index contributed by atoms with van der Waals surface area (Å²) in [5.41, 5.74) is -0.592. The van der Waals surface area contributed by atoms with E-state index in [9.17, 15) is 46.0 Å². The van der Waals surface area contributed by atoms with Gasteiger partial charge >= 0.3 is 0 Å². The quantitative estimate of drug-likeness (QED) is 0.115. The van der Waals surface area contributed by atoms with E-state index in [-0.39, 0.29) is 51.4 Å². The molecule has 0 amide bonds. The Balaban J connectivity index is 1.26. The topological polar surface area (TPSA) is 219 Å². The molecule has 55 heavy (non-hydrogen) atoms. The van der Waals surface area contributed by atoms with E-state index >= 15 is 0 Å². The predicted octanol–water partition coefficient (Wildman–Crippen LogP) is 2.15. The van der Waals surface area contributed by atoms with Gasteiger partial charge in [0.1, 0.15) is 48.8 Å². The van der Waals surface area contributed by atoms with Crippen molar-refractivity contribution in [1.82, 2.24) is 0 Å². The van der Waals surface area contributed by atoms with Crippen LogP contribution >= 0.6 is 0 Å². The summed E-state index contributed by atoms with van der Waals surface area (Å²) in [7, 11) is 0. The molecule has 4 saturated carbocycles. The van der Waals surface area contributed by atoms with Crippen LogP contribution in [0, 0.1) is 45.3 Å². The minimum atomic E-state index is -1.55. The summed E-state index contributed by atoms with van der Waals surface area (Å²) < 4.78 is 24.9. The zero-order chi connectivity index (χ0) is 40.6. The minimum Gasteiger partial charge on any atom is -0.394 e. The molecule has 2 heterocycles. The number of fused-ring (bicyclic) bond motifs is 5. The number of rotatable bonds is 10. The SMILES string of the molecule is CC(C)=CCC[C@@](C)(O[C@@H]1O[C@H](CO)[C@@H](O)[C@H](O)[C@H]1O)[C@H]1CC[C@]2(C)[C@@H]1[C@H](O)C[C@@H]1[C@@]3(C)CC[C@H](O[C@@H]4O[C@H](CO)[C@@H](O)[C@H](O)[C@H]4O)C(C)(C)[C@@H]3CC[C@]12C. The molecule has 318 valence electrons. The van der Waals surface area contributed by atoms with Gasteiger partial charge in [0, 0.05) is 0 Å². The van der Waals surface area contributed by atoms with Crippen LogP contribution in [0.4, 0.5) is 0 Å². The van der Waals surface area contributed by atoms with Crippen molar-refractivity contribution in [2.75, 3.05) is 13.2 Å². The highest BCUT2D eigenvalue weighted by Crippen LogP contribution is 2.76. The van der Waals surface area contributed by atoms with Crippen LogP contribution in [0.2, 0.25) is 0 Å². The van der Waals surface area contributed by atoms with Gasteiger partial charge < -0.3 is 64.9 Å². The van der Waals surface area contributed by atoms with Crippen LogP contribution in [0.3, 0.4) is 0 Å². The van der Waals surface area contributed by atoms with Crippen molar-refractivity contribution in [2.24, 2.45) is 45.3 Å². The first-order chi connectivity index (χ1) is 25.6. The summed E-state index contributed by atoms with van der Waals surface area (Å²) in [6.45, 7) is 16.6. The molecule has 9 N–H and O–H groups in total. The highest BCUT2D eigenvalue weighted by Gasteiger charge is 2.72. The molecular weight excluding hydrogens is 712 g/mol. The Bertz CT molecular complexity index is 1370. The third kappa shape index (κ3) is 7.10. The summed E-state index contributed by atoms with van der Waals surface area (Å²) in [5, 5.41) is 95.9. The molecule has 20 atom stereocenters. The summed E-state index contributed by atoms with van der Waals surface area (Å²) in [5.74, 6) is 0.196. The molecule has 13 nitrogen and oxygen atoms in total. The van der Waals surface area contributed by atoms with Crippen molar-refractivity contribution < 1.29 is 64.9 Å². The second-order valence-electron chi connectivity index (χ2n) is 20.1. The van der Waals surface area contributed by atoms with Crippen LogP contribution in [0.15, 0.2) is 11.6 Å². The second-order valence-corrected chi connectivity index (χ2v) is 20.1. The maximum Gasteiger partial charge on any atom is 0.187 e. The average Bonchev–Trinajstić information content (AvgIpc) is 3.51.